The molecular formula is C11H12N2O3. The van der Waals surface area contributed by atoms with Crippen LogP contribution in [0.15, 0.2) is 24.3 Å². The first-order valence-electron chi connectivity index (χ1n) is 5.02. The van der Waals surface area contributed by atoms with Crippen LogP contribution in [0.3, 0.4) is 0 Å². The molecule has 0 aromatic heterocycles. The van der Waals surface area contributed by atoms with Gasteiger partial charge in [0.25, 0.3) is 0 Å². The lowest BCUT2D eigenvalue weighted by Gasteiger charge is -2.26. The molecular weight excluding hydrogens is 208 g/mol. The van der Waals surface area contributed by atoms with Gasteiger partial charge in [0, 0.05) is 13.1 Å². The maximum atomic E-state index is 11.6. The van der Waals surface area contributed by atoms with Gasteiger partial charge in [-0.1, -0.05) is 12.1 Å². The standard InChI is InChI=1S/C11H12N2O3/c14-10(7-5-12-6-7)13-9-4-2-1-3-8(9)11(15)16/h1-4,7,12H,5-6H2,(H,13,14)(H,15,16). The van der Waals surface area contributed by atoms with E-state index >= 15 is 0 Å². The lowest BCUT2D eigenvalue weighted by atomic mass is 10.0. The SMILES string of the molecule is O=C(O)c1ccccc1NC(=O)C1CNC1. The van der Waals surface area contributed by atoms with E-state index in [1.54, 1.807) is 18.2 Å². The highest BCUT2D eigenvalue weighted by atomic mass is 16.4. The van der Waals surface area contributed by atoms with Crippen molar-refractivity contribution in [1.82, 2.24) is 5.32 Å². The maximum Gasteiger partial charge on any atom is 0.337 e. The summed E-state index contributed by atoms with van der Waals surface area (Å²) in [5.74, 6) is -1.23. The number of carboxylic acids is 1. The van der Waals surface area contributed by atoms with Crippen LogP contribution in [0.2, 0.25) is 0 Å². The number of hydrogen-bond acceptors (Lipinski definition) is 3. The number of anilines is 1. The van der Waals surface area contributed by atoms with Gasteiger partial charge in [-0.2, -0.15) is 0 Å². The lowest BCUT2D eigenvalue weighted by Crippen LogP contribution is -2.48. The van der Waals surface area contributed by atoms with E-state index in [2.05, 4.69) is 10.6 Å². The summed E-state index contributed by atoms with van der Waals surface area (Å²) in [6.45, 7) is 1.31. The summed E-state index contributed by atoms with van der Waals surface area (Å²) in [5.41, 5.74) is 0.468. The summed E-state index contributed by atoms with van der Waals surface area (Å²) in [5, 5.41) is 14.5. The molecule has 5 nitrogen and oxygen atoms in total. The van der Waals surface area contributed by atoms with Crippen molar-refractivity contribution < 1.29 is 14.7 Å². The Bertz CT molecular complexity index is 427. The van der Waals surface area contributed by atoms with E-state index in [0.717, 1.165) is 0 Å². The average Bonchev–Trinajstić information content (AvgIpc) is 2.15. The molecule has 3 N–H and O–H groups in total. The van der Waals surface area contributed by atoms with E-state index in [9.17, 15) is 9.59 Å². The predicted octanol–water partition coefficient (Wildman–Crippen LogP) is 0.543. The van der Waals surface area contributed by atoms with Crippen LogP contribution in [0.4, 0.5) is 5.69 Å². The van der Waals surface area contributed by atoms with Gasteiger partial charge in [-0.25, -0.2) is 4.79 Å². The molecule has 16 heavy (non-hydrogen) atoms. The van der Waals surface area contributed by atoms with Gasteiger partial charge in [0.2, 0.25) is 5.91 Å². The van der Waals surface area contributed by atoms with Crippen molar-refractivity contribution in [3.8, 4) is 0 Å². The number of hydrogen-bond donors (Lipinski definition) is 3. The number of carbonyl (C=O) groups excluding carboxylic acids is 1. The molecule has 0 spiro atoms. The molecule has 2 rings (SSSR count). The van der Waals surface area contributed by atoms with Crippen LogP contribution in [0.1, 0.15) is 10.4 Å². The van der Waals surface area contributed by atoms with Crippen LogP contribution in [0.5, 0.6) is 0 Å². The van der Waals surface area contributed by atoms with Gasteiger partial charge in [0.1, 0.15) is 0 Å². The van der Waals surface area contributed by atoms with Crippen LogP contribution in [0, 0.1) is 5.92 Å². The topological polar surface area (TPSA) is 78.4 Å². The molecule has 0 unspecified atom stereocenters. The van der Waals surface area contributed by atoms with E-state index < -0.39 is 5.97 Å². The van der Waals surface area contributed by atoms with Crippen molar-refractivity contribution in [1.29, 1.82) is 0 Å². The Balaban J connectivity index is 2.13. The number of aromatic carboxylic acids is 1. The second-order valence-corrected chi connectivity index (χ2v) is 3.70. The Morgan fingerprint density at radius 1 is 1.31 bits per heavy atom. The number of para-hydroxylation sites is 1. The Morgan fingerprint density at radius 3 is 2.56 bits per heavy atom. The largest absolute Gasteiger partial charge is 0.478 e. The summed E-state index contributed by atoms with van der Waals surface area (Å²) >= 11 is 0. The van der Waals surface area contributed by atoms with Gasteiger partial charge in [0.15, 0.2) is 0 Å². The molecule has 0 radical (unpaired) electrons. The van der Waals surface area contributed by atoms with Gasteiger partial charge >= 0.3 is 5.97 Å². The molecule has 0 atom stereocenters. The van der Waals surface area contributed by atoms with Crippen molar-refractivity contribution in [3.05, 3.63) is 29.8 Å². The Kier molecular flexibility index (Phi) is 2.87. The van der Waals surface area contributed by atoms with Crippen LogP contribution in [-0.4, -0.2) is 30.1 Å². The molecule has 1 heterocycles. The van der Waals surface area contributed by atoms with E-state index in [4.69, 9.17) is 5.11 Å². The minimum Gasteiger partial charge on any atom is -0.478 e. The third-order valence-electron chi connectivity index (χ3n) is 2.57. The first-order valence-corrected chi connectivity index (χ1v) is 5.02. The van der Waals surface area contributed by atoms with Crippen molar-refractivity contribution in [2.45, 2.75) is 0 Å². The van der Waals surface area contributed by atoms with Crippen molar-refractivity contribution >= 4 is 17.6 Å². The third-order valence-corrected chi connectivity index (χ3v) is 2.57. The van der Waals surface area contributed by atoms with E-state index in [-0.39, 0.29) is 17.4 Å². The number of benzene rings is 1. The van der Waals surface area contributed by atoms with Gasteiger partial charge in [-0.05, 0) is 12.1 Å². The molecule has 1 aromatic rings. The molecule has 0 aliphatic carbocycles. The fraction of sp³-hybridized carbons (Fsp3) is 0.273. The van der Waals surface area contributed by atoms with Crippen molar-refractivity contribution in [2.75, 3.05) is 18.4 Å². The summed E-state index contributed by atoms with van der Waals surface area (Å²) in [6, 6.07) is 6.38. The predicted molar refractivity (Wildman–Crippen MR) is 58.4 cm³/mol. The van der Waals surface area contributed by atoms with Crippen LogP contribution in [-0.2, 0) is 4.79 Å². The summed E-state index contributed by atoms with van der Waals surface area (Å²) < 4.78 is 0. The molecule has 1 saturated heterocycles. The highest BCUT2D eigenvalue weighted by Gasteiger charge is 2.25. The van der Waals surface area contributed by atoms with Crippen LogP contribution in [0.25, 0.3) is 0 Å². The highest BCUT2D eigenvalue weighted by Crippen LogP contribution is 2.16. The summed E-state index contributed by atoms with van der Waals surface area (Å²) in [4.78, 5) is 22.5. The number of rotatable bonds is 3. The van der Waals surface area contributed by atoms with Gasteiger partial charge in [-0.15, -0.1) is 0 Å². The minimum absolute atomic E-state index is 0.0538. The number of amides is 1. The molecule has 1 amide bonds. The van der Waals surface area contributed by atoms with Gasteiger partial charge in [-0.3, -0.25) is 4.79 Å². The molecule has 1 fully saturated rings. The highest BCUT2D eigenvalue weighted by molar-refractivity contribution is 6.01. The second kappa shape index (κ2) is 4.32. The minimum atomic E-state index is -1.04. The fourth-order valence-corrected chi connectivity index (χ4v) is 1.49. The number of carboxylic acid groups (broad SMARTS) is 1. The zero-order chi connectivity index (χ0) is 11.5. The Labute approximate surface area is 92.5 Å². The van der Waals surface area contributed by atoms with Gasteiger partial charge in [0.05, 0.1) is 17.2 Å². The van der Waals surface area contributed by atoms with E-state index in [1.807, 2.05) is 0 Å². The zero-order valence-corrected chi connectivity index (χ0v) is 8.56. The fourth-order valence-electron chi connectivity index (χ4n) is 1.49. The maximum absolute atomic E-state index is 11.6. The smallest absolute Gasteiger partial charge is 0.337 e. The quantitative estimate of drug-likeness (QED) is 0.694. The molecule has 5 heteroatoms. The first-order chi connectivity index (χ1) is 7.68. The average molecular weight is 220 g/mol. The molecule has 1 aromatic carbocycles. The van der Waals surface area contributed by atoms with E-state index in [0.29, 0.717) is 18.8 Å². The second-order valence-electron chi connectivity index (χ2n) is 3.70. The lowest BCUT2D eigenvalue weighted by molar-refractivity contribution is -0.121. The zero-order valence-electron chi connectivity index (χ0n) is 8.56. The normalized spacial score (nSPS) is 15.2. The van der Waals surface area contributed by atoms with Crippen molar-refractivity contribution in [2.24, 2.45) is 5.92 Å². The number of nitrogens with one attached hydrogen (secondary N) is 2. The molecule has 0 bridgehead atoms. The summed E-state index contributed by atoms with van der Waals surface area (Å²) in [7, 11) is 0. The molecule has 84 valence electrons. The van der Waals surface area contributed by atoms with E-state index in [1.165, 1.54) is 6.07 Å². The molecule has 1 aliphatic rings. The van der Waals surface area contributed by atoms with Crippen LogP contribution >= 0.6 is 0 Å². The van der Waals surface area contributed by atoms with Crippen LogP contribution < -0.4 is 10.6 Å². The monoisotopic (exact) mass is 220 g/mol. The first kappa shape index (κ1) is 10.6. The molecule has 0 saturated carbocycles. The van der Waals surface area contributed by atoms with Gasteiger partial charge < -0.3 is 15.7 Å². The third kappa shape index (κ3) is 2.04. The molecule has 1 aliphatic heterocycles. The summed E-state index contributed by atoms with van der Waals surface area (Å²) in [6.07, 6.45) is 0. The number of carbonyl (C=O) groups is 2. The van der Waals surface area contributed by atoms with Crippen molar-refractivity contribution in [3.63, 3.8) is 0 Å². The Morgan fingerprint density at radius 2 is 2.00 bits per heavy atom. The Hall–Kier alpha value is -1.88.